The lowest BCUT2D eigenvalue weighted by Gasteiger charge is -2.06. The topological polar surface area (TPSA) is 87.4 Å². The van der Waals surface area contributed by atoms with Crippen molar-refractivity contribution in [1.29, 1.82) is 5.26 Å². The Morgan fingerprint density at radius 1 is 1.26 bits per heavy atom. The maximum absolute atomic E-state index is 12.5. The first-order valence-electron chi connectivity index (χ1n) is 6.38. The number of phenolic OH excluding ortho intramolecular Hbond substituents is 1. The van der Waals surface area contributed by atoms with Crippen LogP contribution in [0.4, 0.5) is 0 Å². The van der Waals surface area contributed by atoms with Gasteiger partial charge in [-0.15, -0.1) is 0 Å². The fraction of sp³-hybridized carbons (Fsp3) is 0.0625. The maximum Gasteiger partial charge on any atom is 0.216 e. The van der Waals surface area contributed by atoms with Crippen LogP contribution in [0.5, 0.6) is 11.5 Å². The van der Waals surface area contributed by atoms with Gasteiger partial charge in [-0.05, 0) is 48.0 Å². The van der Waals surface area contributed by atoms with Crippen molar-refractivity contribution in [1.82, 2.24) is 0 Å². The van der Waals surface area contributed by atoms with Crippen molar-refractivity contribution in [2.24, 2.45) is 0 Å². The van der Waals surface area contributed by atoms with Crippen LogP contribution in [-0.4, -0.2) is 20.6 Å². The molecule has 23 heavy (non-hydrogen) atoms. The number of rotatable bonds is 4. The molecule has 0 aliphatic carbocycles. The van der Waals surface area contributed by atoms with E-state index in [-0.39, 0.29) is 16.4 Å². The third kappa shape index (κ3) is 3.65. The average Bonchev–Trinajstić information content (AvgIpc) is 2.54. The van der Waals surface area contributed by atoms with Crippen LogP contribution in [0.15, 0.2) is 52.3 Å². The van der Waals surface area contributed by atoms with Crippen LogP contribution in [-0.2, 0) is 9.84 Å². The lowest BCUT2D eigenvalue weighted by molar-refractivity contribution is 0.373. The van der Waals surface area contributed by atoms with Crippen molar-refractivity contribution in [2.45, 2.75) is 4.90 Å². The van der Waals surface area contributed by atoms with Gasteiger partial charge in [-0.25, -0.2) is 8.42 Å². The minimum absolute atomic E-state index is 0.0274. The lowest BCUT2D eigenvalue weighted by Crippen LogP contribution is -2.03. The van der Waals surface area contributed by atoms with E-state index < -0.39 is 14.7 Å². The van der Waals surface area contributed by atoms with Crippen LogP contribution in [0, 0.1) is 11.3 Å². The second-order valence-electron chi connectivity index (χ2n) is 4.51. The Labute approximate surface area is 138 Å². The van der Waals surface area contributed by atoms with Gasteiger partial charge in [0.05, 0.1) is 12.0 Å². The summed E-state index contributed by atoms with van der Waals surface area (Å²) in [5.74, 6) is 0.101. The molecule has 0 spiro atoms. The molecular formula is C16H12ClNO4S. The average molecular weight is 350 g/mol. The number of halogens is 1. The Balaban J connectivity index is 2.50. The molecule has 0 fully saturated rings. The molecule has 1 N–H and O–H groups in total. The normalized spacial score (nSPS) is 11.8. The molecule has 0 radical (unpaired) electrons. The Hall–Kier alpha value is -2.49. The van der Waals surface area contributed by atoms with Gasteiger partial charge in [0, 0.05) is 5.02 Å². The van der Waals surface area contributed by atoms with Crippen molar-refractivity contribution >= 4 is 27.5 Å². The number of aromatic hydroxyl groups is 1. The highest BCUT2D eigenvalue weighted by molar-refractivity contribution is 7.95. The smallest absolute Gasteiger partial charge is 0.216 e. The first kappa shape index (κ1) is 16.9. The number of benzene rings is 2. The summed E-state index contributed by atoms with van der Waals surface area (Å²) in [4.78, 5) is -0.451. The molecule has 7 heteroatoms. The molecule has 0 amide bonds. The molecule has 0 aromatic heterocycles. The van der Waals surface area contributed by atoms with Gasteiger partial charge in [0.15, 0.2) is 11.5 Å². The van der Waals surface area contributed by atoms with Crippen LogP contribution < -0.4 is 4.74 Å². The molecule has 2 aromatic rings. The summed E-state index contributed by atoms with van der Waals surface area (Å²) in [5, 5.41) is 19.2. The van der Waals surface area contributed by atoms with Crippen LogP contribution in [0.3, 0.4) is 0 Å². The van der Waals surface area contributed by atoms with Crippen molar-refractivity contribution < 1.29 is 18.3 Å². The summed E-state index contributed by atoms with van der Waals surface area (Å²) in [5.41, 5.74) is 0.411. The van der Waals surface area contributed by atoms with E-state index in [2.05, 4.69) is 0 Å². The van der Waals surface area contributed by atoms with E-state index in [0.29, 0.717) is 10.6 Å². The van der Waals surface area contributed by atoms with Crippen LogP contribution in [0.2, 0.25) is 5.02 Å². The van der Waals surface area contributed by atoms with Crippen LogP contribution >= 0.6 is 11.6 Å². The molecule has 0 unspecified atom stereocenters. The van der Waals surface area contributed by atoms with E-state index in [4.69, 9.17) is 16.3 Å². The molecule has 0 heterocycles. The highest BCUT2D eigenvalue weighted by Gasteiger charge is 2.20. The lowest BCUT2D eigenvalue weighted by atomic mass is 10.2. The zero-order valence-electron chi connectivity index (χ0n) is 12.0. The molecule has 0 bridgehead atoms. The minimum atomic E-state index is -3.96. The Kier molecular flexibility index (Phi) is 4.94. The molecule has 118 valence electrons. The van der Waals surface area contributed by atoms with Crippen molar-refractivity contribution in [3.05, 3.63) is 58.0 Å². The zero-order chi connectivity index (χ0) is 17.0. The van der Waals surface area contributed by atoms with Crippen molar-refractivity contribution in [3.63, 3.8) is 0 Å². The second-order valence-corrected chi connectivity index (χ2v) is 6.86. The third-order valence-corrected chi connectivity index (χ3v) is 4.96. The molecular weight excluding hydrogens is 338 g/mol. The van der Waals surface area contributed by atoms with Gasteiger partial charge < -0.3 is 9.84 Å². The summed E-state index contributed by atoms with van der Waals surface area (Å²) in [6.07, 6.45) is 1.21. The van der Waals surface area contributed by atoms with Crippen LogP contribution in [0.25, 0.3) is 6.08 Å². The number of hydrogen-bond donors (Lipinski definition) is 1. The van der Waals surface area contributed by atoms with Gasteiger partial charge in [-0.3, -0.25) is 0 Å². The Morgan fingerprint density at radius 3 is 2.48 bits per heavy atom. The molecule has 0 saturated carbocycles. The minimum Gasteiger partial charge on any atom is -0.504 e. The fourth-order valence-corrected chi connectivity index (χ4v) is 3.13. The largest absolute Gasteiger partial charge is 0.504 e. The summed E-state index contributed by atoms with van der Waals surface area (Å²) in [7, 11) is -2.58. The summed E-state index contributed by atoms with van der Waals surface area (Å²) >= 11 is 5.74. The molecule has 2 aromatic carbocycles. The molecule has 5 nitrogen and oxygen atoms in total. The zero-order valence-corrected chi connectivity index (χ0v) is 13.6. The van der Waals surface area contributed by atoms with Gasteiger partial charge in [0.1, 0.15) is 11.0 Å². The van der Waals surface area contributed by atoms with Gasteiger partial charge >= 0.3 is 0 Å². The third-order valence-electron chi connectivity index (χ3n) is 3.03. The maximum atomic E-state index is 12.5. The van der Waals surface area contributed by atoms with Gasteiger partial charge in [-0.2, -0.15) is 5.26 Å². The second kappa shape index (κ2) is 6.73. The molecule has 0 aliphatic heterocycles. The summed E-state index contributed by atoms with van der Waals surface area (Å²) < 4.78 is 29.9. The standard InChI is InChI=1S/C16H12ClNO4S/c1-22-16-9-11(2-7-15(16)19)8-14(10-18)23(20,21)13-5-3-12(17)4-6-13/h2-9,19H,1H3/b14-8+. The van der Waals surface area contributed by atoms with Gasteiger partial charge in [0.25, 0.3) is 0 Å². The van der Waals surface area contributed by atoms with Crippen molar-refractivity contribution in [3.8, 4) is 17.6 Å². The SMILES string of the molecule is COc1cc(/C=C(\C#N)S(=O)(=O)c2ccc(Cl)cc2)ccc1O. The highest BCUT2D eigenvalue weighted by Crippen LogP contribution is 2.29. The van der Waals surface area contributed by atoms with Crippen molar-refractivity contribution in [2.75, 3.05) is 7.11 Å². The number of nitriles is 1. The first-order chi connectivity index (χ1) is 10.9. The number of ether oxygens (including phenoxy) is 1. The van der Waals surface area contributed by atoms with E-state index in [1.807, 2.05) is 0 Å². The van der Waals surface area contributed by atoms with E-state index in [0.717, 1.165) is 0 Å². The molecule has 2 rings (SSSR count). The molecule has 0 aliphatic rings. The van der Waals surface area contributed by atoms with Gasteiger partial charge in [0.2, 0.25) is 9.84 Å². The quantitative estimate of drug-likeness (QED) is 0.855. The monoisotopic (exact) mass is 349 g/mol. The van der Waals surface area contributed by atoms with E-state index >= 15 is 0 Å². The Bertz CT molecular complexity index is 897. The number of phenols is 1. The predicted octanol–water partition coefficient (Wildman–Crippen LogP) is 3.39. The highest BCUT2D eigenvalue weighted by atomic mass is 35.5. The number of hydrogen-bond acceptors (Lipinski definition) is 5. The van der Waals surface area contributed by atoms with E-state index in [1.54, 1.807) is 6.07 Å². The predicted molar refractivity (Wildman–Crippen MR) is 86.9 cm³/mol. The van der Waals surface area contributed by atoms with Gasteiger partial charge in [-0.1, -0.05) is 17.7 Å². The number of methoxy groups -OCH3 is 1. The summed E-state index contributed by atoms with van der Waals surface area (Å²) in [6, 6.07) is 11.5. The molecule has 0 atom stereocenters. The van der Waals surface area contributed by atoms with Crippen LogP contribution in [0.1, 0.15) is 5.56 Å². The van der Waals surface area contributed by atoms with E-state index in [1.165, 1.54) is 55.7 Å². The number of allylic oxidation sites excluding steroid dienone is 1. The molecule has 0 saturated heterocycles. The first-order valence-corrected chi connectivity index (χ1v) is 8.24. The number of sulfone groups is 1. The fourth-order valence-electron chi connectivity index (χ4n) is 1.85. The Morgan fingerprint density at radius 2 is 1.91 bits per heavy atom. The van der Waals surface area contributed by atoms with E-state index in [9.17, 15) is 18.8 Å². The number of nitrogens with zero attached hydrogens (tertiary/aromatic N) is 1. The summed E-state index contributed by atoms with van der Waals surface area (Å²) in [6.45, 7) is 0.